The molecule has 202 valence electrons. The van der Waals surface area contributed by atoms with Gasteiger partial charge in [0.25, 0.3) is 0 Å². The Morgan fingerprint density at radius 1 is 1.35 bits per heavy atom. The number of carbonyl (C=O) groups excluding carboxylic acids is 1. The summed E-state index contributed by atoms with van der Waals surface area (Å²) in [5.41, 5.74) is 0.511. The topological polar surface area (TPSA) is 149 Å². The van der Waals surface area contributed by atoms with Gasteiger partial charge in [-0.1, -0.05) is 13.8 Å². The van der Waals surface area contributed by atoms with Crippen LogP contribution in [0.15, 0.2) is 9.98 Å². The highest BCUT2D eigenvalue weighted by Crippen LogP contribution is 2.45. The fourth-order valence-corrected chi connectivity index (χ4v) is 7.28. The fourth-order valence-electron chi connectivity index (χ4n) is 7.28. The fraction of sp³-hybridized carbons (Fsp3) is 0.815. The van der Waals surface area contributed by atoms with Gasteiger partial charge in [0.1, 0.15) is 0 Å². The van der Waals surface area contributed by atoms with Gasteiger partial charge in [-0.2, -0.15) is 5.26 Å². The number of nitrogens with one attached hydrogen (secondary N) is 4. The Labute approximate surface area is 219 Å². The second-order valence-corrected chi connectivity index (χ2v) is 12.2. The van der Waals surface area contributed by atoms with Crippen LogP contribution in [0.5, 0.6) is 0 Å². The quantitative estimate of drug-likeness (QED) is 0.377. The summed E-state index contributed by atoms with van der Waals surface area (Å²) in [7, 11) is 0. The van der Waals surface area contributed by atoms with Gasteiger partial charge in [0.15, 0.2) is 0 Å². The first-order valence-corrected chi connectivity index (χ1v) is 14.0. The second kappa shape index (κ2) is 10.8. The maximum Gasteiger partial charge on any atom is 0.226 e. The molecule has 1 amide bonds. The van der Waals surface area contributed by atoms with Crippen molar-refractivity contribution in [3.05, 3.63) is 0 Å². The van der Waals surface area contributed by atoms with Gasteiger partial charge in [-0.25, -0.2) is 9.98 Å². The van der Waals surface area contributed by atoms with Gasteiger partial charge < -0.3 is 31.4 Å². The van der Waals surface area contributed by atoms with Crippen molar-refractivity contribution in [2.45, 2.75) is 64.1 Å². The van der Waals surface area contributed by atoms with E-state index in [1.807, 2.05) is 11.1 Å². The lowest BCUT2D eigenvalue weighted by molar-refractivity contribution is -0.139. The molecular weight excluding hydrogens is 468 g/mol. The minimum Gasteiger partial charge on any atom is -0.396 e. The van der Waals surface area contributed by atoms with Gasteiger partial charge in [0, 0.05) is 87.0 Å². The average Bonchev–Trinajstić information content (AvgIpc) is 3.27. The van der Waals surface area contributed by atoms with Crippen LogP contribution in [-0.4, -0.2) is 91.3 Å². The smallest absolute Gasteiger partial charge is 0.226 e. The Balaban J connectivity index is 1.28. The standard InChI is InChI=1S/C27H42N8O2/c1-16-19(25(37)35-7-5-30-6-8-35)9-17(13-28)10-23(16)34-26-31-4-3-22(33-26)18-11-20-24(21(29)12-18)32-14-27(20,2)15-36/h4,16-20,22-24,29-30,32,36H,3,5-12,14-15H2,1-2H3,(H,33,34)/t16?,17?,18?,19?,20?,22?,23?,24?,27-/m1/s1. The molecule has 3 heterocycles. The molecule has 10 heteroatoms. The van der Waals surface area contributed by atoms with E-state index in [1.165, 1.54) is 0 Å². The molecule has 2 aliphatic carbocycles. The highest BCUT2D eigenvalue weighted by atomic mass is 16.3. The minimum absolute atomic E-state index is 0.0359. The van der Waals surface area contributed by atoms with Gasteiger partial charge in [0.2, 0.25) is 11.9 Å². The first-order valence-electron chi connectivity index (χ1n) is 14.0. The molecule has 8 unspecified atom stereocenters. The second-order valence-electron chi connectivity index (χ2n) is 12.2. The van der Waals surface area contributed by atoms with E-state index in [4.69, 9.17) is 10.4 Å². The van der Waals surface area contributed by atoms with Crippen molar-refractivity contribution in [2.75, 3.05) is 39.3 Å². The lowest BCUT2D eigenvalue weighted by atomic mass is 9.66. The Bertz CT molecular complexity index is 985. The molecule has 5 rings (SSSR count). The molecular formula is C27H42N8O2. The number of aliphatic imine (C=N–C) groups is 2. The number of aliphatic hydroxyl groups is 1. The van der Waals surface area contributed by atoms with Crippen molar-refractivity contribution >= 4 is 23.8 Å². The molecule has 3 aliphatic heterocycles. The number of nitriles is 1. The van der Waals surface area contributed by atoms with Crippen molar-refractivity contribution in [2.24, 2.45) is 45.0 Å². The zero-order valence-corrected chi connectivity index (χ0v) is 22.1. The van der Waals surface area contributed by atoms with E-state index in [0.717, 1.165) is 51.3 Å². The molecule has 0 spiro atoms. The molecule has 0 aromatic rings. The number of carbonyl (C=O) groups is 1. The lowest BCUT2D eigenvalue weighted by Gasteiger charge is -2.42. The number of rotatable bonds is 4. The predicted molar refractivity (Wildman–Crippen MR) is 143 cm³/mol. The van der Waals surface area contributed by atoms with Crippen molar-refractivity contribution < 1.29 is 9.90 Å². The number of hydrogen-bond acceptors (Lipinski definition) is 9. The number of guanidine groups is 1. The Morgan fingerprint density at radius 2 is 2.14 bits per heavy atom. The summed E-state index contributed by atoms with van der Waals surface area (Å²) in [4.78, 5) is 24.9. The van der Waals surface area contributed by atoms with Crippen molar-refractivity contribution in [3.63, 3.8) is 0 Å². The van der Waals surface area contributed by atoms with E-state index < -0.39 is 0 Å². The third-order valence-corrected chi connectivity index (χ3v) is 9.78. The molecule has 0 aromatic carbocycles. The maximum atomic E-state index is 13.4. The summed E-state index contributed by atoms with van der Waals surface area (Å²) in [6.07, 6.45) is 5.61. The van der Waals surface area contributed by atoms with Crippen LogP contribution < -0.4 is 16.0 Å². The molecule has 5 N–H and O–H groups in total. The maximum absolute atomic E-state index is 13.4. The SMILES string of the molecule is CC1C(NC2=NC(C3CC(=N)C4NC[C@](C)(CO)C4C3)CC=N2)CC(C#N)CC1C(=O)N1CCNCC1. The third-order valence-electron chi connectivity index (χ3n) is 9.78. The van der Waals surface area contributed by atoms with E-state index in [0.29, 0.717) is 25.2 Å². The van der Waals surface area contributed by atoms with Crippen LogP contribution in [0.25, 0.3) is 0 Å². The molecule has 0 radical (unpaired) electrons. The number of piperazine rings is 1. The Hall–Kier alpha value is -2.35. The van der Waals surface area contributed by atoms with Crippen LogP contribution in [0.3, 0.4) is 0 Å². The first-order chi connectivity index (χ1) is 17.8. The van der Waals surface area contributed by atoms with E-state index in [-0.39, 0.29) is 65.6 Å². The van der Waals surface area contributed by atoms with E-state index in [1.54, 1.807) is 0 Å². The Morgan fingerprint density at radius 3 is 2.86 bits per heavy atom. The molecule has 0 bridgehead atoms. The van der Waals surface area contributed by atoms with Gasteiger partial charge in [-0.05, 0) is 43.4 Å². The average molecular weight is 511 g/mol. The minimum atomic E-state index is -0.209. The third kappa shape index (κ3) is 5.18. The summed E-state index contributed by atoms with van der Waals surface area (Å²) >= 11 is 0. The molecule has 37 heavy (non-hydrogen) atoms. The monoisotopic (exact) mass is 510 g/mol. The Kier molecular flexibility index (Phi) is 7.66. The number of nitrogens with zero attached hydrogens (tertiary/aromatic N) is 4. The largest absolute Gasteiger partial charge is 0.396 e. The highest BCUT2D eigenvalue weighted by Gasteiger charge is 2.50. The van der Waals surface area contributed by atoms with E-state index in [9.17, 15) is 15.2 Å². The van der Waals surface area contributed by atoms with Gasteiger partial charge in [-0.15, -0.1) is 0 Å². The van der Waals surface area contributed by atoms with Crippen LogP contribution in [-0.2, 0) is 4.79 Å². The zero-order chi connectivity index (χ0) is 26.2. The zero-order valence-electron chi connectivity index (χ0n) is 22.1. The van der Waals surface area contributed by atoms with Gasteiger partial charge in [-0.3, -0.25) is 4.79 Å². The van der Waals surface area contributed by atoms with Crippen molar-refractivity contribution in [1.29, 1.82) is 10.7 Å². The molecule has 9 atom stereocenters. The molecule has 5 aliphatic rings. The van der Waals surface area contributed by atoms with Crippen molar-refractivity contribution in [3.8, 4) is 6.07 Å². The molecule has 2 saturated carbocycles. The van der Waals surface area contributed by atoms with Crippen LogP contribution in [0, 0.1) is 51.7 Å². The normalized spacial score (nSPS) is 42.1. The van der Waals surface area contributed by atoms with E-state index in [2.05, 4.69) is 40.9 Å². The summed E-state index contributed by atoms with van der Waals surface area (Å²) < 4.78 is 0. The van der Waals surface area contributed by atoms with Crippen LogP contribution in [0.2, 0.25) is 0 Å². The molecule has 4 fully saturated rings. The van der Waals surface area contributed by atoms with Crippen LogP contribution in [0.1, 0.15) is 46.0 Å². The number of fused-ring (bicyclic) bond motifs is 1. The molecule has 0 aromatic heterocycles. The summed E-state index contributed by atoms with van der Waals surface area (Å²) in [5.74, 6) is 0.949. The van der Waals surface area contributed by atoms with Crippen molar-refractivity contribution in [1.82, 2.24) is 20.9 Å². The predicted octanol–water partition coefficient (Wildman–Crippen LogP) is 0.778. The van der Waals surface area contributed by atoms with Gasteiger partial charge in [0.05, 0.1) is 12.1 Å². The summed E-state index contributed by atoms with van der Waals surface area (Å²) in [6.45, 7) is 8.17. The molecule has 10 nitrogen and oxygen atoms in total. The number of hydrogen-bond donors (Lipinski definition) is 5. The van der Waals surface area contributed by atoms with Crippen LogP contribution in [0.4, 0.5) is 0 Å². The number of aliphatic hydroxyl groups excluding tert-OH is 1. The molecule has 2 saturated heterocycles. The van der Waals surface area contributed by atoms with Gasteiger partial charge >= 0.3 is 0 Å². The summed E-state index contributed by atoms with van der Waals surface area (Å²) in [5, 5.41) is 38.8. The van der Waals surface area contributed by atoms with E-state index >= 15 is 0 Å². The van der Waals surface area contributed by atoms with Crippen LogP contribution >= 0.6 is 0 Å². The summed E-state index contributed by atoms with van der Waals surface area (Å²) in [6, 6.07) is 2.48. The lowest BCUT2D eigenvalue weighted by Crippen LogP contribution is -2.54. The highest BCUT2D eigenvalue weighted by molar-refractivity contribution is 5.91. The number of amides is 1. The first kappa shape index (κ1) is 26.3.